The molecule has 0 radical (unpaired) electrons. The second-order valence-corrected chi connectivity index (χ2v) is 7.77. The van der Waals surface area contributed by atoms with Gasteiger partial charge in [-0.1, -0.05) is 20.3 Å². The third-order valence-electron chi connectivity index (χ3n) is 4.89. The number of carbonyl (C=O) groups excluding carboxylic acids is 1. The van der Waals surface area contributed by atoms with Gasteiger partial charge in [-0.3, -0.25) is 9.78 Å². The van der Waals surface area contributed by atoms with Crippen LogP contribution in [-0.4, -0.2) is 42.9 Å². The number of carbonyl (C=O) groups is 1. The summed E-state index contributed by atoms with van der Waals surface area (Å²) in [7, 11) is 0. The smallest absolute Gasteiger partial charge is 0.220 e. The van der Waals surface area contributed by atoms with Crippen LogP contribution in [-0.2, 0) is 9.53 Å². The zero-order valence-electron chi connectivity index (χ0n) is 17.3. The van der Waals surface area contributed by atoms with E-state index in [1.54, 1.807) is 0 Å². The number of rotatable bonds is 12. The van der Waals surface area contributed by atoms with Crippen LogP contribution in [0.2, 0.25) is 0 Å². The van der Waals surface area contributed by atoms with Crippen molar-refractivity contribution in [1.82, 2.24) is 10.3 Å². The summed E-state index contributed by atoms with van der Waals surface area (Å²) in [6.45, 7) is 10.8. The molecule has 27 heavy (non-hydrogen) atoms. The number of hydrogen-bond donors (Lipinski definition) is 2. The van der Waals surface area contributed by atoms with Gasteiger partial charge >= 0.3 is 0 Å². The molecule has 0 aliphatic carbocycles. The maximum absolute atomic E-state index is 12.2. The Balaban J connectivity index is 1.65. The molecule has 1 aromatic rings. The van der Waals surface area contributed by atoms with E-state index >= 15 is 0 Å². The summed E-state index contributed by atoms with van der Waals surface area (Å²) in [5.74, 6) is 0.690. The van der Waals surface area contributed by atoms with Crippen molar-refractivity contribution in [3.05, 3.63) is 18.5 Å². The maximum atomic E-state index is 12.2. The minimum Gasteiger partial charge on any atom is -0.380 e. The summed E-state index contributed by atoms with van der Waals surface area (Å²) < 4.78 is 5.50. The molecule has 0 bridgehead atoms. The van der Waals surface area contributed by atoms with Gasteiger partial charge < -0.3 is 20.3 Å². The normalized spacial score (nSPS) is 16.9. The van der Waals surface area contributed by atoms with Crippen LogP contribution in [0.5, 0.6) is 0 Å². The van der Waals surface area contributed by atoms with Crippen LogP contribution in [0.15, 0.2) is 18.5 Å². The predicted molar refractivity (Wildman–Crippen MR) is 111 cm³/mol. The highest BCUT2D eigenvalue weighted by Crippen LogP contribution is 2.33. The quantitative estimate of drug-likeness (QED) is 0.543. The largest absolute Gasteiger partial charge is 0.380 e. The van der Waals surface area contributed by atoms with Crippen LogP contribution in [0.4, 0.5) is 11.4 Å². The van der Waals surface area contributed by atoms with Crippen LogP contribution >= 0.6 is 0 Å². The van der Waals surface area contributed by atoms with E-state index in [0.717, 1.165) is 37.9 Å². The van der Waals surface area contributed by atoms with Crippen molar-refractivity contribution in [2.24, 2.45) is 5.92 Å². The Kier molecular flexibility index (Phi) is 8.85. The first-order valence-electron chi connectivity index (χ1n) is 10.4. The van der Waals surface area contributed by atoms with Crippen molar-refractivity contribution >= 4 is 17.3 Å². The molecular weight excluding hydrogens is 340 g/mol. The van der Waals surface area contributed by atoms with Crippen LogP contribution < -0.4 is 15.5 Å². The summed E-state index contributed by atoms with van der Waals surface area (Å²) in [6, 6.07) is 2.14. The molecule has 2 N–H and O–H groups in total. The van der Waals surface area contributed by atoms with E-state index < -0.39 is 0 Å². The Hall–Kier alpha value is -1.82. The molecule has 2 heterocycles. The topological polar surface area (TPSA) is 66.5 Å². The highest BCUT2D eigenvalue weighted by Gasteiger charge is 2.24. The molecule has 6 heteroatoms. The number of unbranched alkanes of at least 4 members (excludes halogenated alkanes) is 2. The number of ether oxygens (including phenoxy) is 1. The van der Waals surface area contributed by atoms with Crippen molar-refractivity contribution in [1.29, 1.82) is 0 Å². The number of pyridine rings is 1. The second kappa shape index (κ2) is 11.1. The van der Waals surface area contributed by atoms with E-state index in [1.165, 1.54) is 5.69 Å². The molecule has 0 spiro atoms. The summed E-state index contributed by atoms with van der Waals surface area (Å²) in [6.07, 6.45) is 8.62. The molecule has 6 nitrogen and oxygen atoms in total. The van der Waals surface area contributed by atoms with E-state index in [1.807, 2.05) is 25.4 Å². The van der Waals surface area contributed by atoms with Crippen molar-refractivity contribution in [2.45, 2.75) is 72.0 Å². The first-order chi connectivity index (χ1) is 13.0. The first kappa shape index (κ1) is 21.5. The summed E-state index contributed by atoms with van der Waals surface area (Å²) >= 11 is 0. The van der Waals surface area contributed by atoms with Crippen LogP contribution in [0.1, 0.15) is 59.8 Å². The van der Waals surface area contributed by atoms with Gasteiger partial charge in [-0.05, 0) is 45.1 Å². The molecule has 0 saturated carbocycles. The molecule has 0 fully saturated rings. The monoisotopic (exact) mass is 376 g/mol. The average molecular weight is 377 g/mol. The van der Waals surface area contributed by atoms with Gasteiger partial charge in [0, 0.05) is 25.8 Å². The Morgan fingerprint density at radius 1 is 1.37 bits per heavy atom. The Morgan fingerprint density at radius 3 is 2.93 bits per heavy atom. The fourth-order valence-corrected chi connectivity index (χ4v) is 3.60. The van der Waals surface area contributed by atoms with Crippen molar-refractivity contribution in [3.8, 4) is 0 Å². The fourth-order valence-electron chi connectivity index (χ4n) is 3.60. The number of nitrogens with zero attached hydrogens (tertiary/aromatic N) is 2. The van der Waals surface area contributed by atoms with Crippen LogP contribution in [0, 0.1) is 5.92 Å². The Labute approximate surface area is 164 Å². The van der Waals surface area contributed by atoms with E-state index in [-0.39, 0.29) is 11.9 Å². The lowest BCUT2D eigenvalue weighted by Gasteiger charge is -2.23. The van der Waals surface area contributed by atoms with Gasteiger partial charge in [0.05, 0.1) is 36.4 Å². The number of fused-ring (bicyclic) bond motifs is 1. The van der Waals surface area contributed by atoms with Crippen molar-refractivity contribution in [3.63, 3.8) is 0 Å². The minimum atomic E-state index is 0.123. The molecule has 1 aliphatic heterocycles. The highest BCUT2D eigenvalue weighted by molar-refractivity contribution is 5.76. The van der Waals surface area contributed by atoms with Crippen molar-refractivity contribution < 1.29 is 9.53 Å². The van der Waals surface area contributed by atoms with E-state index in [9.17, 15) is 4.79 Å². The molecule has 1 unspecified atom stereocenters. The summed E-state index contributed by atoms with van der Waals surface area (Å²) in [5.41, 5.74) is 2.33. The van der Waals surface area contributed by atoms with Crippen molar-refractivity contribution in [2.75, 3.05) is 30.0 Å². The third kappa shape index (κ3) is 7.01. The fraction of sp³-hybridized carbons (Fsp3) is 0.714. The molecule has 1 amide bonds. The van der Waals surface area contributed by atoms with Gasteiger partial charge in [0.2, 0.25) is 5.91 Å². The molecule has 1 aromatic heterocycles. The van der Waals surface area contributed by atoms with E-state index in [2.05, 4.69) is 41.3 Å². The van der Waals surface area contributed by atoms with Crippen LogP contribution in [0.25, 0.3) is 0 Å². The van der Waals surface area contributed by atoms with E-state index in [0.29, 0.717) is 31.7 Å². The Morgan fingerprint density at radius 2 is 2.19 bits per heavy atom. The molecule has 2 atom stereocenters. The summed E-state index contributed by atoms with van der Waals surface area (Å²) in [4.78, 5) is 18.8. The Bertz CT molecular complexity index is 579. The lowest BCUT2D eigenvalue weighted by Crippen LogP contribution is -2.39. The lowest BCUT2D eigenvalue weighted by atomic mass is 10.0. The molecule has 152 valence electrons. The third-order valence-corrected chi connectivity index (χ3v) is 4.89. The molecule has 0 aromatic carbocycles. The number of nitrogens with one attached hydrogen (secondary N) is 2. The van der Waals surface area contributed by atoms with E-state index in [4.69, 9.17) is 4.74 Å². The molecular formula is C21H36N4O2. The minimum absolute atomic E-state index is 0.123. The second-order valence-electron chi connectivity index (χ2n) is 7.77. The van der Waals surface area contributed by atoms with Gasteiger partial charge in [-0.15, -0.1) is 0 Å². The summed E-state index contributed by atoms with van der Waals surface area (Å²) in [5, 5.41) is 6.61. The SMILES string of the molecule is CCOC[C@H](CC(C)C)NC(=O)CCCCCN1c2cnccc2NC1C. The molecule has 1 aliphatic rings. The molecule has 2 rings (SSSR count). The zero-order valence-corrected chi connectivity index (χ0v) is 17.3. The molecule has 0 saturated heterocycles. The number of aromatic nitrogens is 1. The predicted octanol–water partition coefficient (Wildman–Crippen LogP) is 3.79. The number of amides is 1. The number of hydrogen-bond acceptors (Lipinski definition) is 5. The lowest BCUT2D eigenvalue weighted by molar-refractivity contribution is -0.122. The van der Waals surface area contributed by atoms with Gasteiger partial charge in [0.1, 0.15) is 0 Å². The highest BCUT2D eigenvalue weighted by atomic mass is 16.5. The average Bonchev–Trinajstić information content (AvgIpc) is 2.94. The zero-order chi connectivity index (χ0) is 19.6. The van der Waals surface area contributed by atoms with Gasteiger partial charge in [0.15, 0.2) is 0 Å². The number of anilines is 2. The maximum Gasteiger partial charge on any atom is 0.220 e. The first-order valence-corrected chi connectivity index (χ1v) is 10.4. The standard InChI is InChI=1S/C21H36N4O2/c1-5-27-15-18(13-16(2)3)24-21(26)9-7-6-8-12-25-17(4)23-19-10-11-22-14-20(19)25/h10-11,14,16-18,23H,5-9,12-13,15H2,1-4H3,(H,24,26)/t17?,18-/m0/s1. The van der Waals surface area contributed by atoms with Crippen LogP contribution in [0.3, 0.4) is 0 Å². The van der Waals surface area contributed by atoms with Gasteiger partial charge in [0.25, 0.3) is 0 Å². The van der Waals surface area contributed by atoms with Gasteiger partial charge in [-0.2, -0.15) is 0 Å². The van der Waals surface area contributed by atoms with Gasteiger partial charge in [-0.25, -0.2) is 0 Å².